The Morgan fingerprint density at radius 1 is 1.04 bits per heavy atom. The molecule has 0 saturated carbocycles. The Morgan fingerprint density at radius 3 is 2.42 bits per heavy atom. The van der Waals surface area contributed by atoms with Gasteiger partial charge in [-0.1, -0.05) is 32.9 Å². The van der Waals surface area contributed by atoms with Crippen molar-refractivity contribution in [2.24, 2.45) is 5.92 Å². The van der Waals surface area contributed by atoms with Gasteiger partial charge >= 0.3 is 0 Å². The Labute approximate surface area is 143 Å². The number of carbonyl (C=O) groups is 1. The maximum absolute atomic E-state index is 12.5. The van der Waals surface area contributed by atoms with Crippen LogP contribution in [0.4, 0.5) is 5.69 Å². The first-order chi connectivity index (χ1) is 11.6. The van der Waals surface area contributed by atoms with Gasteiger partial charge in [-0.05, 0) is 48.7 Å². The topological polar surface area (TPSA) is 47.6 Å². The van der Waals surface area contributed by atoms with Crippen LogP contribution in [0.1, 0.15) is 37.6 Å². The molecule has 0 aliphatic carbocycles. The molecule has 24 heavy (non-hydrogen) atoms. The molecule has 1 amide bonds. The van der Waals surface area contributed by atoms with Crippen molar-refractivity contribution >= 4 is 11.6 Å². The fourth-order valence-corrected chi connectivity index (χ4v) is 2.09. The second kappa shape index (κ2) is 8.96. The number of hydrogen-bond acceptors (Lipinski definition) is 3. The van der Waals surface area contributed by atoms with Crippen LogP contribution in [0.5, 0.6) is 11.5 Å². The summed E-state index contributed by atoms with van der Waals surface area (Å²) in [5.74, 6) is 1.62. The van der Waals surface area contributed by atoms with Crippen LogP contribution in [0.15, 0.2) is 48.5 Å². The number of rotatable bonds is 8. The van der Waals surface area contributed by atoms with Gasteiger partial charge in [0.15, 0.2) is 0 Å². The molecule has 0 aromatic heterocycles. The minimum Gasteiger partial charge on any atom is -0.494 e. The zero-order chi connectivity index (χ0) is 17.4. The third kappa shape index (κ3) is 5.30. The summed E-state index contributed by atoms with van der Waals surface area (Å²) < 4.78 is 11.3. The van der Waals surface area contributed by atoms with E-state index in [2.05, 4.69) is 26.1 Å². The summed E-state index contributed by atoms with van der Waals surface area (Å²) in [5.41, 5.74) is 1.26. The van der Waals surface area contributed by atoms with Crippen LogP contribution in [-0.4, -0.2) is 19.1 Å². The number of anilines is 1. The van der Waals surface area contributed by atoms with Crippen molar-refractivity contribution in [3.63, 3.8) is 0 Å². The number of carbonyl (C=O) groups excluding carboxylic acids is 1. The zero-order valence-electron chi connectivity index (χ0n) is 14.5. The molecular weight excluding hydrogens is 302 g/mol. The Kier molecular flexibility index (Phi) is 6.67. The maximum atomic E-state index is 12.5. The second-order valence-corrected chi connectivity index (χ2v) is 6.03. The molecule has 0 radical (unpaired) electrons. The highest BCUT2D eigenvalue weighted by atomic mass is 16.5. The number of ether oxygens (including phenoxy) is 2. The lowest BCUT2D eigenvalue weighted by Gasteiger charge is -2.13. The molecule has 0 spiro atoms. The molecule has 2 rings (SSSR count). The largest absolute Gasteiger partial charge is 0.494 e. The predicted octanol–water partition coefficient (Wildman–Crippen LogP) is 4.76. The number of benzene rings is 2. The van der Waals surface area contributed by atoms with Crippen LogP contribution in [0.2, 0.25) is 0 Å². The van der Waals surface area contributed by atoms with E-state index in [1.54, 1.807) is 6.07 Å². The van der Waals surface area contributed by atoms with E-state index in [0.29, 0.717) is 30.4 Å². The van der Waals surface area contributed by atoms with Crippen molar-refractivity contribution < 1.29 is 14.3 Å². The lowest BCUT2D eigenvalue weighted by Crippen LogP contribution is -2.15. The molecule has 1 N–H and O–H groups in total. The molecule has 2 aromatic rings. The van der Waals surface area contributed by atoms with Crippen molar-refractivity contribution in [3.05, 3.63) is 54.1 Å². The summed E-state index contributed by atoms with van der Waals surface area (Å²) in [5, 5.41) is 2.90. The molecule has 0 fully saturated rings. The predicted molar refractivity (Wildman–Crippen MR) is 97.0 cm³/mol. The third-order valence-corrected chi connectivity index (χ3v) is 3.29. The normalized spacial score (nSPS) is 10.5. The van der Waals surface area contributed by atoms with E-state index in [4.69, 9.17) is 9.47 Å². The first-order valence-corrected chi connectivity index (χ1v) is 8.36. The first-order valence-electron chi connectivity index (χ1n) is 8.36. The Balaban J connectivity index is 2.04. The van der Waals surface area contributed by atoms with E-state index < -0.39 is 0 Å². The summed E-state index contributed by atoms with van der Waals surface area (Å²) in [4.78, 5) is 12.5. The quantitative estimate of drug-likeness (QED) is 0.760. The fraction of sp³-hybridized carbons (Fsp3) is 0.350. The monoisotopic (exact) mass is 327 g/mol. The lowest BCUT2D eigenvalue weighted by atomic mass is 10.1. The van der Waals surface area contributed by atoms with E-state index in [1.807, 2.05) is 42.5 Å². The molecular formula is C20H25NO3. The van der Waals surface area contributed by atoms with Crippen molar-refractivity contribution in [2.75, 3.05) is 18.5 Å². The van der Waals surface area contributed by atoms with Crippen LogP contribution in [0.3, 0.4) is 0 Å². The first kappa shape index (κ1) is 17.9. The van der Waals surface area contributed by atoms with Gasteiger partial charge in [-0.2, -0.15) is 0 Å². The molecule has 2 aromatic carbocycles. The van der Waals surface area contributed by atoms with Crippen LogP contribution >= 0.6 is 0 Å². The highest BCUT2D eigenvalue weighted by Crippen LogP contribution is 2.21. The zero-order valence-corrected chi connectivity index (χ0v) is 14.5. The summed E-state index contributed by atoms with van der Waals surface area (Å²) >= 11 is 0. The molecule has 0 bridgehead atoms. The van der Waals surface area contributed by atoms with E-state index in [0.717, 1.165) is 17.9 Å². The summed E-state index contributed by atoms with van der Waals surface area (Å²) in [6, 6.07) is 14.7. The van der Waals surface area contributed by atoms with Crippen molar-refractivity contribution in [1.29, 1.82) is 0 Å². The maximum Gasteiger partial charge on any atom is 0.259 e. The summed E-state index contributed by atoms with van der Waals surface area (Å²) in [6.07, 6.45) is 0.964. The summed E-state index contributed by atoms with van der Waals surface area (Å²) in [6.45, 7) is 7.48. The van der Waals surface area contributed by atoms with Crippen LogP contribution in [0.25, 0.3) is 0 Å². The molecule has 128 valence electrons. The molecule has 0 aliphatic rings. The number of nitrogens with one attached hydrogen (secondary N) is 1. The second-order valence-electron chi connectivity index (χ2n) is 6.03. The van der Waals surface area contributed by atoms with Gasteiger partial charge in [-0.25, -0.2) is 0 Å². The number of amides is 1. The van der Waals surface area contributed by atoms with E-state index in [-0.39, 0.29) is 5.91 Å². The van der Waals surface area contributed by atoms with Gasteiger partial charge in [0.1, 0.15) is 11.5 Å². The number of para-hydroxylation sites is 1. The van der Waals surface area contributed by atoms with Gasteiger partial charge in [-0.3, -0.25) is 4.79 Å². The van der Waals surface area contributed by atoms with Gasteiger partial charge < -0.3 is 14.8 Å². The fourth-order valence-electron chi connectivity index (χ4n) is 2.09. The van der Waals surface area contributed by atoms with E-state index >= 15 is 0 Å². The Bertz CT molecular complexity index is 650. The molecule has 0 atom stereocenters. The minimum absolute atomic E-state index is 0.184. The molecule has 0 unspecified atom stereocenters. The average Bonchev–Trinajstić information content (AvgIpc) is 2.59. The molecule has 0 heterocycles. The van der Waals surface area contributed by atoms with Crippen molar-refractivity contribution in [1.82, 2.24) is 0 Å². The summed E-state index contributed by atoms with van der Waals surface area (Å²) in [7, 11) is 0. The SMILES string of the molecule is CCCOc1ccc(NC(=O)c2ccccc2OCC(C)C)cc1. The van der Waals surface area contributed by atoms with E-state index in [9.17, 15) is 4.79 Å². The molecule has 0 aliphatic heterocycles. The van der Waals surface area contributed by atoms with Gasteiger partial charge in [0, 0.05) is 5.69 Å². The van der Waals surface area contributed by atoms with Gasteiger partial charge in [0.2, 0.25) is 0 Å². The van der Waals surface area contributed by atoms with Gasteiger partial charge in [-0.15, -0.1) is 0 Å². The van der Waals surface area contributed by atoms with Crippen LogP contribution in [0, 0.1) is 5.92 Å². The third-order valence-electron chi connectivity index (χ3n) is 3.29. The van der Waals surface area contributed by atoms with E-state index in [1.165, 1.54) is 0 Å². The smallest absolute Gasteiger partial charge is 0.259 e. The molecule has 4 heteroatoms. The van der Waals surface area contributed by atoms with Crippen molar-refractivity contribution in [2.45, 2.75) is 27.2 Å². The minimum atomic E-state index is -0.184. The van der Waals surface area contributed by atoms with Crippen LogP contribution in [-0.2, 0) is 0 Å². The van der Waals surface area contributed by atoms with Crippen molar-refractivity contribution in [3.8, 4) is 11.5 Å². The number of hydrogen-bond donors (Lipinski definition) is 1. The Hall–Kier alpha value is -2.49. The molecule has 0 saturated heterocycles. The lowest BCUT2D eigenvalue weighted by molar-refractivity contribution is 0.102. The van der Waals surface area contributed by atoms with Gasteiger partial charge in [0.25, 0.3) is 5.91 Å². The highest BCUT2D eigenvalue weighted by Gasteiger charge is 2.12. The van der Waals surface area contributed by atoms with Crippen LogP contribution < -0.4 is 14.8 Å². The highest BCUT2D eigenvalue weighted by molar-refractivity contribution is 6.06. The van der Waals surface area contributed by atoms with Gasteiger partial charge in [0.05, 0.1) is 18.8 Å². The Morgan fingerprint density at radius 2 is 1.75 bits per heavy atom. The standard InChI is InChI=1S/C20H25NO3/c1-4-13-23-17-11-9-16(10-12-17)21-20(22)18-7-5-6-8-19(18)24-14-15(2)3/h5-12,15H,4,13-14H2,1-3H3,(H,21,22). The average molecular weight is 327 g/mol. The molecule has 4 nitrogen and oxygen atoms in total.